The quantitative estimate of drug-likeness (QED) is 0.228. The van der Waals surface area contributed by atoms with Crippen LogP contribution in [0.4, 0.5) is 11.4 Å². The highest BCUT2D eigenvalue weighted by Gasteiger charge is 2.32. The Morgan fingerprint density at radius 2 is 1.68 bits per heavy atom. The maximum atomic E-state index is 12.7. The number of amidine groups is 2. The van der Waals surface area contributed by atoms with Crippen molar-refractivity contribution in [3.05, 3.63) is 88.4 Å². The molecule has 3 aromatic carbocycles. The van der Waals surface area contributed by atoms with Gasteiger partial charge < -0.3 is 26.4 Å². The van der Waals surface area contributed by atoms with Crippen molar-refractivity contribution in [1.82, 2.24) is 5.32 Å². The smallest absolute Gasteiger partial charge is 0.262 e. The Labute approximate surface area is 270 Å². The van der Waals surface area contributed by atoms with Crippen molar-refractivity contribution in [3.8, 4) is 5.75 Å². The fraction of sp³-hybridized carbons (Fsp3) is 0.312. The second-order valence-electron chi connectivity index (χ2n) is 11.0. The molecule has 2 unspecified atom stereocenters. The van der Waals surface area contributed by atoms with Gasteiger partial charge in [-0.3, -0.25) is 19.6 Å². The number of ether oxygens (including phenoxy) is 1. The Hall–Kier alpha value is -3.67. The van der Waals surface area contributed by atoms with Gasteiger partial charge in [0.25, 0.3) is 11.8 Å². The number of hydrogen-bond donors (Lipinski definition) is 4. The van der Waals surface area contributed by atoms with Crippen molar-refractivity contribution in [2.75, 3.05) is 35.8 Å². The van der Waals surface area contributed by atoms with Crippen LogP contribution in [0.25, 0.3) is 0 Å². The van der Waals surface area contributed by atoms with Crippen molar-refractivity contribution in [3.63, 3.8) is 0 Å². The molecule has 2 atom stereocenters. The SMILES string of the molecule is CNC(=O)c1cc(NC2=NC(C)(c3cccc(OCC(=O)Nc4cccc(Cl)c4)c3)CCS2)cc(C2(C)CCSC(N)=N2)c1. The summed E-state index contributed by atoms with van der Waals surface area (Å²) in [6.07, 6.45) is 1.62. The summed E-state index contributed by atoms with van der Waals surface area (Å²) < 4.78 is 5.83. The van der Waals surface area contributed by atoms with E-state index in [0.29, 0.717) is 27.2 Å². The average molecular weight is 651 g/mol. The van der Waals surface area contributed by atoms with Crippen molar-refractivity contribution in [2.24, 2.45) is 15.7 Å². The molecule has 0 saturated carbocycles. The van der Waals surface area contributed by atoms with Gasteiger partial charge in [0.05, 0.1) is 11.1 Å². The van der Waals surface area contributed by atoms with E-state index < -0.39 is 11.1 Å². The number of nitrogens with one attached hydrogen (secondary N) is 3. The summed E-state index contributed by atoms with van der Waals surface area (Å²) in [4.78, 5) is 35.0. The zero-order valence-electron chi connectivity index (χ0n) is 24.8. The second-order valence-corrected chi connectivity index (χ2v) is 13.6. The fourth-order valence-electron chi connectivity index (χ4n) is 5.07. The third-order valence-electron chi connectivity index (χ3n) is 7.60. The normalized spacial score (nSPS) is 21.5. The predicted molar refractivity (Wildman–Crippen MR) is 183 cm³/mol. The van der Waals surface area contributed by atoms with Crippen LogP contribution in [0.2, 0.25) is 5.02 Å². The van der Waals surface area contributed by atoms with E-state index in [2.05, 4.69) is 22.9 Å². The minimum absolute atomic E-state index is 0.143. The van der Waals surface area contributed by atoms with Gasteiger partial charge in [0.1, 0.15) is 5.75 Å². The number of aliphatic imine (C=N–C) groups is 2. The highest BCUT2D eigenvalue weighted by Crippen LogP contribution is 2.39. The Bertz CT molecular complexity index is 1630. The topological polar surface area (TPSA) is 130 Å². The lowest BCUT2D eigenvalue weighted by Gasteiger charge is -2.32. The summed E-state index contributed by atoms with van der Waals surface area (Å²) in [5.41, 5.74) is 8.82. The van der Waals surface area contributed by atoms with Gasteiger partial charge in [0, 0.05) is 40.5 Å². The van der Waals surface area contributed by atoms with Gasteiger partial charge in [0.2, 0.25) is 0 Å². The summed E-state index contributed by atoms with van der Waals surface area (Å²) in [6.45, 7) is 3.99. The van der Waals surface area contributed by atoms with Gasteiger partial charge in [-0.25, -0.2) is 0 Å². The summed E-state index contributed by atoms with van der Waals surface area (Å²) in [5.74, 6) is 1.81. The summed E-state index contributed by atoms with van der Waals surface area (Å²) >= 11 is 9.18. The number of hydrogen-bond acceptors (Lipinski definition) is 9. The van der Waals surface area contributed by atoms with Crippen molar-refractivity contribution < 1.29 is 14.3 Å². The van der Waals surface area contributed by atoms with E-state index in [1.165, 1.54) is 0 Å². The summed E-state index contributed by atoms with van der Waals surface area (Å²) in [5, 5.41) is 10.8. The minimum atomic E-state index is -0.530. The van der Waals surface area contributed by atoms with Crippen LogP contribution in [0.5, 0.6) is 5.75 Å². The molecule has 2 heterocycles. The van der Waals surface area contributed by atoms with E-state index in [4.69, 9.17) is 32.1 Å². The van der Waals surface area contributed by atoms with E-state index in [9.17, 15) is 9.59 Å². The number of carbonyl (C=O) groups is 2. The Morgan fingerprint density at radius 3 is 2.43 bits per heavy atom. The average Bonchev–Trinajstić information content (AvgIpc) is 2.99. The first kappa shape index (κ1) is 31.7. The van der Waals surface area contributed by atoms with Crippen molar-refractivity contribution in [2.45, 2.75) is 37.8 Å². The molecule has 5 N–H and O–H groups in total. The number of halogens is 1. The minimum Gasteiger partial charge on any atom is -0.484 e. The van der Waals surface area contributed by atoms with Gasteiger partial charge >= 0.3 is 0 Å². The first-order valence-electron chi connectivity index (χ1n) is 14.2. The molecule has 0 fully saturated rings. The summed E-state index contributed by atoms with van der Waals surface area (Å²) in [6, 6.07) is 20.4. The second kappa shape index (κ2) is 13.5. The van der Waals surface area contributed by atoms with Crippen molar-refractivity contribution in [1.29, 1.82) is 0 Å². The standard InChI is InChI=1S/C32H35ClN6O3S2/c1-31(21-6-4-9-26(17-21)42-19-27(40)36-24-8-5-7-23(33)18-24)11-13-44-30(39-31)37-25-15-20(28(41)35-3)14-22(16-25)32(2)10-12-43-29(34)38-32/h4-9,14-18H,10-13,19H2,1-3H3,(H2,34,38)(H,35,41)(H,36,40)(H,37,39). The van der Waals surface area contributed by atoms with E-state index >= 15 is 0 Å². The molecular weight excluding hydrogens is 616 g/mol. The van der Waals surface area contributed by atoms with Crippen LogP contribution in [0.1, 0.15) is 48.2 Å². The van der Waals surface area contributed by atoms with Crippen LogP contribution < -0.4 is 26.4 Å². The van der Waals surface area contributed by atoms with E-state index in [1.807, 2.05) is 49.4 Å². The molecule has 2 aliphatic heterocycles. The molecule has 2 amide bonds. The molecule has 44 heavy (non-hydrogen) atoms. The lowest BCUT2D eigenvalue weighted by molar-refractivity contribution is -0.118. The van der Waals surface area contributed by atoms with Gasteiger partial charge in [-0.2, -0.15) is 0 Å². The number of thioether (sulfide) groups is 2. The molecule has 0 radical (unpaired) electrons. The van der Waals surface area contributed by atoms with Crippen LogP contribution in [-0.4, -0.2) is 47.3 Å². The molecule has 12 heteroatoms. The van der Waals surface area contributed by atoms with Gasteiger partial charge in [-0.05, 0) is 86.3 Å². The molecule has 0 aromatic heterocycles. The van der Waals surface area contributed by atoms with Crippen molar-refractivity contribution >= 4 is 68.6 Å². The molecule has 230 valence electrons. The van der Waals surface area contributed by atoms with E-state index in [1.54, 1.807) is 54.8 Å². The highest BCUT2D eigenvalue weighted by molar-refractivity contribution is 8.14. The number of carbonyl (C=O) groups excluding carboxylic acids is 2. The van der Waals surface area contributed by atoms with E-state index in [0.717, 1.165) is 46.3 Å². The zero-order valence-corrected chi connectivity index (χ0v) is 27.2. The van der Waals surface area contributed by atoms with Crippen LogP contribution in [0.15, 0.2) is 76.7 Å². The number of rotatable bonds is 8. The van der Waals surface area contributed by atoms with Crippen LogP contribution in [-0.2, 0) is 15.9 Å². The van der Waals surface area contributed by atoms with Gasteiger partial charge in [-0.15, -0.1) is 0 Å². The lowest BCUT2D eigenvalue weighted by Crippen LogP contribution is -2.30. The number of anilines is 2. The fourth-order valence-corrected chi connectivity index (χ4v) is 7.38. The third kappa shape index (κ3) is 7.69. The van der Waals surface area contributed by atoms with Crippen LogP contribution >= 0.6 is 35.1 Å². The third-order valence-corrected chi connectivity index (χ3v) is 9.51. The first-order chi connectivity index (χ1) is 21.0. The zero-order chi connectivity index (χ0) is 31.3. The Morgan fingerprint density at radius 1 is 0.932 bits per heavy atom. The Kier molecular flexibility index (Phi) is 9.77. The first-order valence-corrected chi connectivity index (χ1v) is 16.5. The van der Waals surface area contributed by atoms with Crippen LogP contribution in [0.3, 0.4) is 0 Å². The molecule has 0 spiro atoms. The Balaban J connectivity index is 1.34. The number of amides is 2. The van der Waals surface area contributed by atoms with Gasteiger partial charge in [0.15, 0.2) is 16.9 Å². The molecule has 0 saturated heterocycles. The lowest BCUT2D eigenvalue weighted by atomic mass is 9.88. The molecule has 0 aliphatic carbocycles. The molecule has 3 aromatic rings. The molecule has 2 aliphatic rings. The van der Waals surface area contributed by atoms with E-state index in [-0.39, 0.29) is 18.4 Å². The molecule has 9 nitrogen and oxygen atoms in total. The number of benzene rings is 3. The maximum absolute atomic E-state index is 12.7. The predicted octanol–water partition coefficient (Wildman–Crippen LogP) is 6.20. The highest BCUT2D eigenvalue weighted by atomic mass is 35.5. The molecule has 0 bridgehead atoms. The number of nitrogens with zero attached hydrogens (tertiary/aromatic N) is 2. The molecular formula is C32H35ClN6O3S2. The van der Waals surface area contributed by atoms with Gasteiger partial charge in [-0.1, -0.05) is 53.3 Å². The van der Waals surface area contributed by atoms with Crippen LogP contribution in [0, 0.1) is 0 Å². The molecule has 5 rings (SSSR count). The maximum Gasteiger partial charge on any atom is 0.262 e. The summed E-state index contributed by atoms with van der Waals surface area (Å²) in [7, 11) is 1.62. The largest absolute Gasteiger partial charge is 0.484 e. The monoisotopic (exact) mass is 650 g/mol. The number of nitrogens with two attached hydrogens (primary N) is 1.